The van der Waals surface area contributed by atoms with Crippen molar-refractivity contribution in [2.24, 2.45) is 5.73 Å². The summed E-state index contributed by atoms with van der Waals surface area (Å²) in [6.07, 6.45) is 0.0378. The van der Waals surface area contributed by atoms with Crippen LogP contribution in [-0.4, -0.2) is 55.7 Å². The Labute approximate surface area is 126 Å². The zero-order chi connectivity index (χ0) is 15.2. The van der Waals surface area contributed by atoms with Crippen molar-refractivity contribution in [3.05, 3.63) is 30.3 Å². The predicted molar refractivity (Wildman–Crippen MR) is 84.3 cm³/mol. The van der Waals surface area contributed by atoms with Gasteiger partial charge in [0.05, 0.1) is 19.3 Å². The minimum Gasteiger partial charge on any atom is -0.374 e. The zero-order valence-corrected chi connectivity index (χ0v) is 12.9. The van der Waals surface area contributed by atoms with Crippen LogP contribution >= 0.6 is 0 Å². The maximum atomic E-state index is 12.7. The first-order valence-electron chi connectivity index (χ1n) is 7.53. The van der Waals surface area contributed by atoms with Gasteiger partial charge in [0.2, 0.25) is 5.91 Å². The molecule has 0 aromatic heterocycles. The monoisotopic (exact) mass is 291 g/mol. The lowest BCUT2D eigenvalue weighted by Crippen LogP contribution is -2.50. The van der Waals surface area contributed by atoms with Gasteiger partial charge in [-0.05, 0) is 26.0 Å². The van der Waals surface area contributed by atoms with E-state index >= 15 is 0 Å². The molecule has 1 aliphatic rings. The van der Waals surface area contributed by atoms with Crippen molar-refractivity contribution in [1.29, 1.82) is 0 Å². The molecule has 0 bridgehead atoms. The molecule has 0 spiro atoms. The molecule has 1 fully saturated rings. The second-order valence-corrected chi connectivity index (χ2v) is 5.66. The van der Waals surface area contributed by atoms with Crippen molar-refractivity contribution >= 4 is 11.6 Å². The Hall–Kier alpha value is -1.43. The molecule has 1 heterocycles. The van der Waals surface area contributed by atoms with Gasteiger partial charge in [0.25, 0.3) is 0 Å². The number of ether oxygens (including phenoxy) is 1. The number of carbonyl (C=O) groups excluding carboxylic acids is 1. The number of amides is 1. The van der Waals surface area contributed by atoms with E-state index < -0.39 is 0 Å². The molecule has 1 aliphatic heterocycles. The lowest BCUT2D eigenvalue weighted by molar-refractivity contribution is -0.122. The summed E-state index contributed by atoms with van der Waals surface area (Å²) >= 11 is 0. The first-order valence-corrected chi connectivity index (χ1v) is 7.53. The number of para-hydroxylation sites is 1. The highest BCUT2D eigenvalue weighted by Gasteiger charge is 2.25. The molecular weight excluding hydrogens is 266 g/mol. The van der Waals surface area contributed by atoms with Crippen LogP contribution in [0, 0.1) is 0 Å². The molecule has 5 nitrogen and oxygen atoms in total. The molecule has 0 aliphatic carbocycles. The van der Waals surface area contributed by atoms with Gasteiger partial charge in [-0.25, -0.2) is 0 Å². The SMILES string of the molecule is CC(C)N(C(=O)CN1CCOC(CN)C1)c1ccccc1. The fraction of sp³-hybridized carbons (Fsp3) is 0.562. The number of hydrogen-bond acceptors (Lipinski definition) is 4. The van der Waals surface area contributed by atoms with Gasteiger partial charge >= 0.3 is 0 Å². The van der Waals surface area contributed by atoms with Crippen molar-refractivity contribution < 1.29 is 9.53 Å². The van der Waals surface area contributed by atoms with Gasteiger partial charge in [0.1, 0.15) is 0 Å². The Morgan fingerprint density at radius 1 is 1.43 bits per heavy atom. The standard InChI is InChI=1S/C16H25N3O2/c1-13(2)19(14-6-4-3-5-7-14)16(20)12-18-8-9-21-15(10-17)11-18/h3-7,13,15H,8-12,17H2,1-2H3. The molecular formula is C16H25N3O2. The van der Waals surface area contributed by atoms with Crippen LogP contribution in [0.5, 0.6) is 0 Å². The summed E-state index contributed by atoms with van der Waals surface area (Å²) in [6, 6.07) is 9.94. The fourth-order valence-corrected chi connectivity index (χ4v) is 2.65. The molecule has 2 rings (SSSR count). The summed E-state index contributed by atoms with van der Waals surface area (Å²) in [7, 11) is 0. The summed E-state index contributed by atoms with van der Waals surface area (Å²) in [5.74, 6) is 0.119. The summed E-state index contributed by atoms with van der Waals surface area (Å²) in [5, 5.41) is 0. The number of nitrogens with zero attached hydrogens (tertiary/aromatic N) is 2. The Kier molecular flexibility index (Phi) is 5.73. The lowest BCUT2D eigenvalue weighted by atomic mass is 10.2. The van der Waals surface area contributed by atoms with E-state index in [0.29, 0.717) is 19.7 Å². The van der Waals surface area contributed by atoms with Gasteiger partial charge in [-0.2, -0.15) is 0 Å². The summed E-state index contributed by atoms with van der Waals surface area (Å²) < 4.78 is 5.54. The van der Waals surface area contributed by atoms with E-state index in [4.69, 9.17) is 10.5 Å². The van der Waals surface area contributed by atoms with Gasteiger partial charge in [-0.1, -0.05) is 18.2 Å². The van der Waals surface area contributed by atoms with Crippen molar-refractivity contribution in [3.63, 3.8) is 0 Å². The Morgan fingerprint density at radius 3 is 2.76 bits per heavy atom. The lowest BCUT2D eigenvalue weighted by Gasteiger charge is -2.34. The van der Waals surface area contributed by atoms with Crippen LogP contribution in [-0.2, 0) is 9.53 Å². The van der Waals surface area contributed by atoms with E-state index in [1.807, 2.05) is 49.1 Å². The van der Waals surface area contributed by atoms with Crippen LogP contribution in [0.3, 0.4) is 0 Å². The Bertz CT molecular complexity index is 450. The van der Waals surface area contributed by atoms with Gasteiger partial charge in [-0.3, -0.25) is 9.69 Å². The minimum absolute atomic E-state index is 0.0378. The molecule has 1 aromatic carbocycles. The topological polar surface area (TPSA) is 58.8 Å². The third kappa shape index (κ3) is 4.27. The summed E-state index contributed by atoms with van der Waals surface area (Å²) in [5.41, 5.74) is 6.59. The highest BCUT2D eigenvalue weighted by Crippen LogP contribution is 2.17. The predicted octanol–water partition coefficient (Wildman–Crippen LogP) is 1.09. The van der Waals surface area contributed by atoms with Crippen molar-refractivity contribution in [3.8, 4) is 0 Å². The average Bonchev–Trinajstić information content (AvgIpc) is 2.48. The van der Waals surface area contributed by atoms with Crippen molar-refractivity contribution in [2.75, 3.05) is 37.7 Å². The summed E-state index contributed by atoms with van der Waals surface area (Å²) in [4.78, 5) is 16.6. The van der Waals surface area contributed by atoms with Gasteiger partial charge in [0.15, 0.2) is 0 Å². The minimum atomic E-state index is 0.0378. The number of nitrogens with two attached hydrogens (primary N) is 1. The number of morpholine rings is 1. The fourth-order valence-electron chi connectivity index (χ4n) is 2.65. The normalized spacial score (nSPS) is 19.7. The number of carbonyl (C=O) groups is 1. The smallest absolute Gasteiger partial charge is 0.241 e. The first-order chi connectivity index (χ1) is 10.1. The highest BCUT2D eigenvalue weighted by atomic mass is 16.5. The van der Waals surface area contributed by atoms with Crippen LogP contribution in [0.4, 0.5) is 5.69 Å². The molecule has 1 aromatic rings. The van der Waals surface area contributed by atoms with Crippen molar-refractivity contribution in [1.82, 2.24) is 4.90 Å². The molecule has 1 unspecified atom stereocenters. The molecule has 0 radical (unpaired) electrons. The maximum absolute atomic E-state index is 12.7. The number of rotatable bonds is 5. The third-order valence-electron chi connectivity index (χ3n) is 3.66. The van der Waals surface area contributed by atoms with Crippen LogP contribution in [0.15, 0.2) is 30.3 Å². The van der Waals surface area contributed by atoms with Gasteiger partial charge in [-0.15, -0.1) is 0 Å². The van der Waals surface area contributed by atoms with Gasteiger partial charge in [0, 0.05) is 31.4 Å². The zero-order valence-electron chi connectivity index (χ0n) is 12.9. The molecule has 2 N–H and O–H groups in total. The van der Waals surface area contributed by atoms with Crippen LogP contribution in [0.1, 0.15) is 13.8 Å². The second kappa shape index (κ2) is 7.54. The quantitative estimate of drug-likeness (QED) is 0.882. The second-order valence-electron chi connectivity index (χ2n) is 5.66. The van der Waals surface area contributed by atoms with Crippen LogP contribution in [0.2, 0.25) is 0 Å². The molecule has 5 heteroatoms. The number of hydrogen-bond donors (Lipinski definition) is 1. The van der Waals surface area contributed by atoms with Crippen molar-refractivity contribution in [2.45, 2.75) is 26.0 Å². The Balaban J connectivity index is 2.02. The van der Waals surface area contributed by atoms with E-state index in [1.54, 1.807) is 0 Å². The highest BCUT2D eigenvalue weighted by molar-refractivity contribution is 5.95. The van der Waals surface area contributed by atoms with Crippen LogP contribution < -0.4 is 10.6 Å². The molecule has 1 amide bonds. The molecule has 0 saturated carbocycles. The molecule has 1 atom stereocenters. The third-order valence-corrected chi connectivity index (χ3v) is 3.66. The largest absolute Gasteiger partial charge is 0.374 e. The van der Waals surface area contributed by atoms with E-state index in [-0.39, 0.29) is 18.1 Å². The van der Waals surface area contributed by atoms with E-state index in [9.17, 15) is 4.79 Å². The molecule has 116 valence electrons. The average molecular weight is 291 g/mol. The van der Waals surface area contributed by atoms with Crippen LogP contribution in [0.25, 0.3) is 0 Å². The number of anilines is 1. The Morgan fingerprint density at radius 2 is 2.14 bits per heavy atom. The van der Waals surface area contributed by atoms with E-state index in [2.05, 4.69) is 4.90 Å². The van der Waals surface area contributed by atoms with E-state index in [0.717, 1.165) is 18.8 Å². The van der Waals surface area contributed by atoms with Gasteiger partial charge < -0.3 is 15.4 Å². The molecule has 1 saturated heterocycles. The summed E-state index contributed by atoms with van der Waals surface area (Å²) in [6.45, 7) is 7.12. The first kappa shape index (κ1) is 15.9. The van der Waals surface area contributed by atoms with E-state index in [1.165, 1.54) is 0 Å². The number of benzene rings is 1. The maximum Gasteiger partial charge on any atom is 0.241 e. The molecule has 21 heavy (non-hydrogen) atoms.